The molecular weight excluding hydrogens is 411 g/mol. The molecule has 0 aliphatic carbocycles. The van der Waals surface area contributed by atoms with E-state index in [2.05, 4.69) is 4.98 Å². The number of benzene rings is 2. The van der Waals surface area contributed by atoms with Gasteiger partial charge in [-0.15, -0.1) is 0 Å². The van der Waals surface area contributed by atoms with Crippen LogP contribution in [-0.2, 0) is 23.8 Å². The number of nitrogens with one attached hydrogen (secondary N) is 1. The molecule has 0 aliphatic rings. The molecule has 0 spiro atoms. The Hall–Kier alpha value is -3.27. The van der Waals surface area contributed by atoms with Crippen LogP contribution in [0.2, 0.25) is 0 Å². The number of carboxylic acids is 1. The lowest BCUT2D eigenvalue weighted by molar-refractivity contribution is -0.139. The molecule has 0 radical (unpaired) electrons. The van der Waals surface area contributed by atoms with E-state index in [1.54, 1.807) is 0 Å². The van der Waals surface area contributed by atoms with E-state index in [1.165, 1.54) is 30.3 Å². The number of ether oxygens (including phenoxy) is 1. The number of aromatic nitrogens is 1. The van der Waals surface area contributed by atoms with Crippen LogP contribution in [0.15, 0.2) is 47.3 Å². The summed E-state index contributed by atoms with van der Waals surface area (Å²) in [5.41, 5.74) is -0.277. The predicted octanol–water partition coefficient (Wildman–Crippen LogP) is 4.17. The Kier molecular flexibility index (Phi) is 5.64. The number of thiazole rings is 1. The third-order valence-corrected chi connectivity index (χ3v) is 4.79. The van der Waals surface area contributed by atoms with Crippen LogP contribution in [-0.4, -0.2) is 21.2 Å². The van der Waals surface area contributed by atoms with Crippen molar-refractivity contribution < 1.29 is 32.9 Å². The van der Waals surface area contributed by atoms with Gasteiger partial charge in [0.05, 0.1) is 16.9 Å². The summed E-state index contributed by atoms with van der Waals surface area (Å²) < 4.78 is 45.9. The minimum absolute atomic E-state index is 0.0531. The van der Waals surface area contributed by atoms with Gasteiger partial charge in [-0.2, -0.15) is 13.2 Å². The lowest BCUT2D eigenvalue weighted by Crippen LogP contribution is -2.08. The second-order valence-electron chi connectivity index (χ2n) is 6.11. The van der Waals surface area contributed by atoms with Crippen LogP contribution in [0.3, 0.4) is 0 Å². The van der Waals surface area contributed by atoms with Gasteiger partial charge in [0, 0.05) is 6.42 Å². The normalized spacial score (nSPS) is 11.4. The third-order valence-electron chi connectivity index (χ3n) is 3.92. The van der Waals surface area contributed by atoms with E-state index >= 15 is 0 Å². The van der Waals surface area contributed by atoms with E-state index in [0.29, 0.717) is 5.56 Å². The second kappa shape index (κ2) is 8.00. The zero-order valence-electron chi connectivity index (χ0n) is 14.6. The van der Waals surface area contributed by atoms with Crippen molar-refractivity contribution in [3.05, 3.63) is 73.7 Å². The van der Waals surface area contributed by atoms with Crippen molar-refractivity contribution in [2.45, 2.75) is 19.0 Å². The van der Waals surface area contributed by atoms with E-state index < -0.39 is 28.3 Å². The fraction of sp³-hybridized carbons (Fsp3) is 0.158. The minimum Gasteiger partial charge on any atom is -0.494 e. The summed E-state index contributed by atoms with van der Waals surface area (Å²) in [6.07, 6.45) is -4.95. The number of rotatable bonds is 6. The van der Waals surface area contributed by atoms with Crippen molar-refractivity contribution in [3.63, 3.8) is 0 Å². The number of H-pyrrole nitrogens is 1. The first-order valence-electron chi connectivity index (χ1n) is 8.21. The zero-order chi connectivity index (χ0) is 21.2. The monoisotopic (exact) mass is 425 g/mol. The van der Waals surface area contributed by atoms with Crippen LogP contribution in [0.25, 0.3) is 0 Å². The minimum atomic E-state index is -4.69. The predicted molar refractivity (Wildman–Crippen MR) is 98.7 cm³/mol. The number of halogens is 3. The van der Waals surface area contributed by atoms with Crippen LogP contribution in [0.1, 0.15) is 21.6 Å². The fourth-order valence-electron chi connectivity index (χ4n) is 2.63. The van der Waals surface area contributed by atoms with Gasteiger partial charge in [0.1, 0.15) is 11.5 Å². The number of carboxylic acid groups (broad SMARTS) is 1. The van der Waals surface area contributed by atoms with Crippen LogP contribution in [0.5, 0.6) is 17.4 Å². The van der Waals surface area contributed by atoms with Gasteiger partial charge in [-0.3, -0.25) is 14.6 Å². The first kappa shape index (κ1) is 20.5. The molecule has 3 N–H and O–H groups in total. The average Bonchev–Trinajstić information content (AvgIpc) is 2.93. The first-order valence-corrected chi connectivity index (χ1v) is 9.03. The number of hydrogen-bond acceptors (Lipinski definition) is 5. The van der Waals surface area contributed by atoms with Crippen molar-refractivity contribution in [2.75, 3.05) is 0 Å². The van der Waals surface area contributed by atoms with Gasteiger partial charge in [0.25, 0.3) is 0 Å². The van der Waals surface area contributed by atoms with Gasteiger partial charge in [-0.25, -0.2) is 0 Å². The van der Waals surface area contributed by atoms with Crippen molar-refractivity contribution in [3.8, 4) is 17.4 Å². The Bertz CT molecular complexity index is 1090. The van der Waals surface area contributed by atoms with Gasteiger partial charge in [-0.05, 0) is 35.4 Å². The molecule has 3 rings (SSSR count). The van der Waals surface area contributed by atoms with Crippen molar-refractivity contribution in [1.82, 2.24) is 4.98 Å². The summed E-state index contributed by atoms with van der Waals surface area (Å²) in [5.74, 6) is -1.68. The fourth-order valence-corrected chi connectivity index (χ4v) is 3.39. The van der Waals surface area contributed by atoms with Gasteiger partial charge in [0.2, 0.25) is 5.88 Å². The molecule has 0 saturated carbocycles. The Labute approximate surface area is 165 Å². The number of aromatic amines is 1. The Morgan fingerprint density at radius 3 is 2.31 bits per heavy atom. The van der Waals surface area contributed by atoms with Gasteiger partial charge >= 0.3 is 17.0 Å². The Morgan fingerprint density at radius 1 is 1.10 bits per heavy atom. The van der Waals surface area contributed by atoms with E-state index in [1.807, 2.05) is 0 Å². The lowest BCUT2D eigenvalue weighted by atomic mass is 10.1. The van der Waals surface area contributed by atoms with Crippen LogP contribution in [0, 0.1) is 0 Å². The number of alkyl halides is 3. The van der Waals surface area contributed by atoms with Gasteiger partial charge in [-0.1, -0.05) is 29.5 Å². The smallest absolute Gasteiger partial charge is 0.419 e. The molecule has 0 aliphatic heterocycles. The van der Waals surface area contributed by atoms with Crippen LogP contribution < -0.4 is 9.61 Å². The van der Waals surface area contributed by atoms with E-state index in [9.17, 15) is 27.9 Å². The molecule has 0 unspecified atom stereocenters. The van der Waals surface area contributed by atoms with Crippen LogP contribution in [0.4, 0.5) is 13.2 Å². The maximum Gasteiger partial charge on any atom is 0.419 e. The number of hydrogen-bond donors (Lipinski definition) is 3. The topological polar surface area (TPSA) is 99.6 Å². The second-order valence-corrected chi connectivity index (χ2v) is 7.18. The summed E-state index contributed by atoms with van der Waals surface area (Å²) in [5, 5.41) is 18.4. The van der Waals surface area contributed by atoms with Crippen molar-refractivity contribution >= 4 is 17.3 Å². The summed E-state index contributed by atoms with van der Waals surface area (Å²) in [6.45, 7) is 0. The molecule has 29 heavy (non-hydrogen) atoms. The molecule has 1 aromatic heterocycles. The van der Waals surface area contributed by atoms with Gasteiger partial charge < -0.3 is 14.9 Å². The zero-order valence-corrected chi connectivity index (χ0v) is 15.4. The maximum atomic E-state index is 13.5. The third kappa shape index (κ3) is 5.17. The summed E-state index contributed by atoms with van der Waals surface area (Å²) in [6, 6.07) is 9.17. The quantitative estimate of drug-likeness (QED) is 0.551. The number of carbonyl (C=O) groups is 1. The molecule has 0 amide bonds. The van der Waals surface area contributed by atoms with E-state index in [0.717, 1.165) is 23.5 Å². The van der Waals surface area contributed by atoms with Gasteiger partial charge in [0.15, 0.2) is 0 Å². The molecule has 0 fully saturated rings. The highest BCUT2D eigenvalue weighted by Gasteiger charge is 2.35. The maximum absolute atomic E-state index is 13.5. The van der Waals surface area contributed by atoms with E-state index in [-0.39, 0.29) is 34.9 Å². The lowest BCUT2D eigenvalue weighted by Gasteiger charge is -2.15. The molecule has 152 valence electrons. The molecule has 10 heteroatoms. The Balaban J connectivity index is 1.87. The number of aliphatic carboxylic acids is 1. The standard InChI is InChI=1S/C19H14F3NO5S/c20-19(21,22)13-7-11(8-15-17(26)23-18(27)29-15)3-6-14(13)28-12-4-1-10(2-5-12)9-16(24)25/h1-7,26H,8-9H2,(H,23,27)(H,24,25). The first-order chi connectivity index (χ1) is 13.6. The molecule has 0 atom stereocenters. The molecule has 2 aromatic carbocycles. The SMILES string of the molecule is O=C(O)Cc1ccc(Oc2ccc(Cc3sc(=O)[nH]c3O)cc2C(F)(F)F)cc1. The summed E-state index contributed by atoms with van der Waals surface area (Å²) >= 11 is 0.719. The van der Waals surface area contributed by atoms with Crippen molar-refractivity contribution in [1.29, 1.82) is 0 Å². The highest BCUT2D eigenvalue weighted by atomic mass is 32.1. The van der Waals surface area contributed by atoms with E-state index in [4.69, 9.17) is 9.84 Å². The summed E-state index contributed by atoms with van der Waals surface area (Å²) in [4.78, 5) is 23.8. The number of aromatic hydroxyl groups is 1. The highest BCUT2D eigenvalue weighted by molar-refractivity contribution is 7.09. The molecular formula is C19H14F3NO5S. The summed E-state index contributed by atoms with van der Waals surface area (Å²) in [7, 11) is 0. The molecule has 0 bridgehead atoms. The molecule has 6 nitrogen and oxygen atoms in total. The largest absolute Gasteiger partial charge is 0.494 e. The highest BCUT2D eigenvalue weighted by Crippen LogP contribution is 2.39. The molecule has 3 aromatic rings. The average molecular weight is 425 g/mol. The Morgan fingerprint density at radius 2 is 1.76 bits per heavy atom. The molecule has 1 heterocycles. The molecule has 0 saturated heterocycles. The van der Waals surface area contributed by atoms with Crippen LogP contribution >= 0.6 is 11.3 Å². The van der Waals surface area contributed by atoms with Crippen molar-refractivity contribution in [2.24, 2.45) is 0 Å².